The van der Waals surface area contributed by atoms with E-state index in [0.29, 0.717) is 44.1 Å². The van der Waals surface area contributed by atoms with Gasteiger partial charge in [-0.15, -0.1) is 0 Å². The molecule has 0 spiro atoms. The van der Waals surface area contributed by atoms with Crippen LogP contribution in [0.1, 0.15) is 59.7 Å². The Morgan fingerprint density at radius 1 is 0.977 bits per heavy atom. The summed E-state index contributed by atoms with van der Waals surface area (Å²) < 4.78 is 20.2. The number of carbonyl (C=O) groups is 2. The first-order valence-electron chi connectivity index (χ1n) is 14.0. The molecule has 0 saturated carbocycles. The van der Waals surface area contributed by atoms with Gasteiger partial charge >= 0.3 is 11.9 Å². The van der Waals surface area contributed by atoms with Gasteiger partial charge in [0.1, 0.15) is 11.8 Å². The number of esters is 2. The summed E-state index contributed by atoms with van der Waals surface area (Å²) in [6.07, 6.45) is 1.86. The number of fused-ring (bicyclic) bond motifs is 1. The zero-order valence-corrected chi connectivity index (χ0v) is 25.8. The molecular weight excluding hydrogens is 566 g/mol. The number of allylic oxidation sites excluding steroid dienone is 1. The van der Waals surface area contributed by atoms with Gasteiger partial charge in [0.2, 0.25) is 0 Å². The molecule has 2 aromatic carbocycles. The SMILES string of the molecule is CCOC(=O)C1=C(C)N=c2s/c(=C/c3cc(C)n(-c4ccc(C(=O)OCC)cc4)c3C)c(=O)n2[C@@H]1c1ccccc1OC. The number of hydrogen-bond acceptors (Lipinski definition) is 8. The molecule has 0 radical (unpaired) electrons. The number of methoxy groups -OCH3 is 1. The number of aryl methyl sites for hydroxylation is 1. The third-order valence-electron chi connectivity index (χ3n) is 7.34. The van der Waals surface area contributed by atoms with E-state index in [2.05, 4.69) is 9.56 Å². The normalized spacial score (nSPS) is 14.7. The highest BCUT2D eigenvalue weighted by Crippen LogP contribution is 2.35. The van der Waals surface area contributed by atoms with Crippen molar-refractivity contribution < 1.29 is 23.8 Å². The fourth-order valence-electron chi connectivity index (χ4n) is 5.41. The van der Waals surface area contributed by atoms with Crippen LogP contribution in [0.15, 0.2) is 75.7 Å². The molecule has 3 heterocycles. The number of para-hydroxylation sites is 1. The van der Waals surface area contributed by atoms with Gasteiger partial charge in [-0.1, -0.05) is 29.5 Å². The van der Waals surface area contributed by atoms with Crippen LogP contribution in [0.4, 0.5) is 0 Å². The van der Waals surface area contributed by atoms with E-state index in [1.54, 1.807) is 50.6 Å². The van der Waals surface area contributed by atoms with Gasteiger partial charge in [0.05, 0.1) is 41.7 Å². The topological polar surface area (TPSA) is 101 Å². The summed E-state index contributed by atoms with van der Waals surface area (Å²) in [6, 6.07) is 15.8. The predicted molar refractivity (Wildman–Crippen MR) is 165 cm³/mol. The zero-order valence-electron chi connectivity index (χ0n) is 25.0. The smallest absolute Gasteiger partial charge is 0.338 e. The maximum absolute atomic E-state index is 14.1. The molecule has 2 aromatic heterocycles. The number of hydrogen-bond donors (Lipinski definition) is 0. The maximum Gasteiger partial charge on any atom is 0.338 e. The van der Waals surface area contributed by atoms with Crippen LogP contribution in [0.5, 0.6) is 5.75 Å². The predicted octanol–water partition coefficient (Wildman–Crippen LogP) is 4.39. The summed E-state index contributed by atoms with van der Waals surface area (Å²) in [5.41, 5.74) is 5.32. The molecule has 10 heteroatoms. The summed E-state index contributed by atoms with van der Waals surface area (Å²) in [5.74, 6) is -0.332. The Hall–Kier alpha value is -4.70. The average molecular weight is 600 g/mol. The second-order valence-corrected chi connectivity index (χ2v) is 11.0. The lowest BCUT2D eigenvalue weighted by Crippen LogP contribution is -2.40. The molecule has 0 amide bonds. The second-order valence-electron chi connectivity index (χ2n) is 9.97. The molecule has 1 aliphatic heterocycles. The lowest BCUT2D eigenvalue weighted by atomic mass is 9.95. The number of aromatic nitrogens is 2. The van der Waals surface area contributed by atoms with E-state index in [9.17, 15) is 14.4 Å². The molecule has 0 unspecified atom stereocenters. The van der Waals surface area contributed by atoms with Gasteiger partial charge < -0.3 is 18.8 Å². The van der Waals surface area contributed by atoms with Gasteiger partial charge in [-0.25, -0.2) is 14.6 Å². The lowest BCUT2D eigenvalue weighted by Gasteiger charge is -2.25. The van der Waals surface area contributed by atoms with Gasteiger partial charge in [0, 0.05) is 22.6 Å². The maximum atomic E-state index is 14.1. The highest BCUT2D eigenvalue weighted by molar-refractivity contribution is 7.07. The van der Waals surface area contributed by atoms with Crippen molar-refractivity contribution >= 4 is 29.4 Å². The third-order valence-corrected chi connectivity index (χ3v) is 8.33. The van der Waals surface area contributed by atoms with Crippen molar-refractivity contribution in [1.82, 2.24) is 9.13 Å². The Balaban J connectivity index is 1.63. The van der Waals surface area contributed by atoms with Crippen LogP contribution in [-0.4, -0.2) is 41.4 Å². The summed E-state index contributed by atoms with van der Waals surface area (Å²) in [5, 5.41) is 0. The molecule has 1 aliphatic rings. The van der Waals surface area contributed by atoms with Crippen molar-refractivity contribution in [2.45, 2.75) is 40.7 Å². The van der Waals surface area contributed by atoms with Gasteiger partial charge in [0.25, 0.3) is 5.56 Å². The van der Waals surface area contributed by atoms with Crippen LogP contribution in [-0.2, 0) is 14.3 Å². The summed E-state index contributed by atoms with van der Waals surface area (Å²) in [4.78, 5) is 44.5. The van der Waals surface area contributed by atoms with Crippen molar-refractivity contribution in [1.29, 1.82) is 0 Å². The highest BCUT2D eigenvalue weighted by Gasteiger charge is 2.35. The summed E-state index contributed by atoms with van der Waals surface area (Å²) >= 11 is 1.27. The number of rotatable bonds is 8. The van der Waals surface area contributed by atoms with Gasteiger partial charge in [-0.2, -0.15) is 0 Å². The molecular formula is C33H33N3O6S. The molecule has 1 atom stereocenters. The second kappa shape index (κ2) is 12.3. The van der Waals surface area contributed by atoms with Crippen LogP contribution in [0.25, 0.3) is 11.8 Å². The van der Waals surface area contributed by atoms with Crippen molar-refractivity contribution in [3.05, 3.63) is 114 Å². The first-order valence-corrected chi connectivity index (χ1v) is 14.8. The van der Waals surface area contributed by atoms with E-state index < -0.39 is 12.0 Å². The lowest BCUT2D eigenvalue weighted by molar-refractivity contribution is -0.139. The van der Waals surface area contributed by atoms with Gasteiger partial charge in [0.15, 0.2) is 4.80 Å². The molecule has 9 nitrogen and oxygen atoms in total. The largest absolute Gasteiger partial charge is 0.496 e. The zero-order chi connectivity index (χ0) is 30.8. The Labute approximate surface area is 253 Å². The monoisotopic (exact) mass is 599 g/mol. The molecule has 4 aromatic rings. The van der Waals surface area contributed by atoms with Crippen LogP contribution in [0.3, 0.4) is 0 Å². The molecule has 0 fully saturated rings. The molecule has 0 aliphatic carbocycles. The van der Waals surface area contributed by atoms with Crippen LogP contribution in [0, 0.1) is 13.8 Å². The number of carbonyl (C=O) groups excluding carboxylic acids is 2. The van der Waals surface area contributed by atoms with Crippen LogP contribution in [0.2, 0.25) is 0 Å². The minimum Gasteiger partial charge on any atom is -0.496 e. The molecule has 222 valence electrons. The van der Waals surface area contributed by atoms with Gasteiger partial charge in [-0.05, 0) is 82.7 Å². The fraction of sp³-hybridized carbons (Fsp3) is 0.273. The number of benzene rings is 2. The molecule has 0 saturated heterocycles. The number of ether oxygens (including phenoxy) is 3. The summed E-state index contributed by atoms with van der Waals surface area (Å²) in [6.45, 7) is 9.75. The quantitative estimate of drug-likeness (QED) is 0.279. The van der Waals surface area contributed by atoms with E-state index in [1.165, 1.54) is 11.3 Å². The van der Waals surface area contributed by atoms with Crippen molar-refractivity contribution in [3.63, 3.8) is 0 Å². The van der Waals surface area contributed by atoms with E-state index in [1.807, 2.05) is 56.3 Å². The minimum absolute atomic E-state index is 0.194. The first kappa shape index (κ1) is 29.8. The Morgan fingerprint density at radius 2 is 1.65 bits per heavy atom. The average Bonchev–Trinajstić information content (AvgIpc) is 3.45. The standard InChI is InChI=1S/C33H33N3O6S/c1-7-41-31(38)22-13-15-24(16-14-22)35-19(3)17-23(21(35)5)18-27-30(37)36-29(25-11-9-10-12-26(25)40-6)28(32(39)42-8-2)20(4)34-33(36)43-27/h9-18,29H,7-8H2,1-6H3/b27-18+/t29-/m1/s1. The van der Waals surface area contributed by atoms with Crippen molar-refractivity contribution in [3.8, 4) is 11.4 Å². The Morgan fingerprint density at radius 3 is 2.33 bits per heavy atom. The van der Waals surface area contributed by atoms with E-state index >= 15 is 0 Å². The van der Waals surface area contributed by atoms with Crippen LogP contribution >= 0.6 is 11.3 Å². The van der Waals surface area contributed by atoms with E-state index in [-0.39, 0.29) is 18.1 Å². The Bertz CT molecular complexity index is 1930. The molecule has 0 N–H and O–H groups in total. The fourth-order valence-corrected chi connectivity index (χ4v) is 6.45. The molecule has 43 heavy (non-hydrogen) atoms. The first-order chi connectivity index (χ1) is 20.7. The minimum atomic E-state index is -0.765. The third kappa shape index (κ3) is 5.46. The molecule has 0 bridgehead atoms. The van der Waals surface area contributed by atoms with Crippen molar-refractivity contribution in [2.75, 3.05) is 20.3 Å². The Kier molecular flexibility index (Phi) is 8.50. The van der Waals surface area contributed by atoms with Gasteiger partial charge in [-0.3, -0.25) is 9.36 Å². The number of nitrogens with zero attached hydrogens (tertiary/aromatic N) is 3. The van der Waals surface area contributed by atoms with E-state index in [4.69, 9.17) is 14.2 Å². The number of thiazole rings is 1. The summed E-state index contributed by atoms with van der Waals surface area (Å²) in [7, 11) is 1.56. The highest BCUT2D eigenvalue weighted by atomic mass is 32.1. The van der Waals surface area contributed by atoms with E-state index in [0.717, 1.165) is 22.6 Å². The molecule has 5 rings (SSSR count). The van der Waals surface area contributed by atoms with Crippen LogP contribution < -0.4 is 19.6 Å². The van der Waals surface area contributed by atoms with Crippen molar-refractivity contribution in [2.24, 2.45) is 4.99 Å².